The third-order valence-electron chi connectivity index (χ3n) is 3.70. The molecule has 25 heavy (non-hydrogen) atoms. The van der Waals surface area contributed by atoms with Crippen molar-refractivity contribution >= 4 is 17.5 Å². The summed E-state index contributed by atoms with van der Waals surface area (Å²) < 4.78 is 10.7. The second kappa shape index (κ2) is 8.84. The first-order valence-electron chi connectivity index (χ1n) is 7.86. The molecule has 0 radical (unpaired) electrons. The molecule has 6 nitrogen and oxygen atoms in total. The second-order valence-electron chi connectivity index (χ2n) is 5.50. The molecule has 2 N–H and O–H groups in total. The number of amides is 2. The molecular weight excluding hydrogens is 320 g/mol. The van der Waals surface area contributed by atoms with Gasteiger partial charge in [-0.1, -0.05) is 30.3 Å². The van der Waals surface area contributed by atoms with Crippen LogP contribution in [-0.2, 0) is 14.3 Å². The number of ether oxygens (including phenoxy) is 2. The average molecular weight is 342 g/mol. The summed E-state index contributed by atoms with van der Waals surface area (Å²) in [4.78, 5) is 24.0. The monoisotopic (exact) mass is 342 g/mol. The van der Waals surface area contributed by atoms with Crippen molar-refractivity contribution in [3.8, 4) is 5.75 Å². The highest BCUT2D eigenvalue weighted by atomic mass is 16.5. The van der Waals surface area contributed by atoms with Crippen LogP contribution in [-0.4, -0.2) is 32.6 Å². The van der Waals surface area contributed by atoms with E-state index in [0.717, 1.165) is 11.1 Å². The van der Waals surface area contributed by atoms with Gasteiger partial charge in [0.05, 0.1) is 7.11 Å². The third kappa shape index (κ3) is 5.06. The summed E-state index contributed by atoms with van der Waals surface area (Å²) in [5.74, 6) is -0.785. The van der Waals surface area contributed by atoms with Gasteiger partial charge in [-0.15, -0.1) is 0 Å². The Morgan fingerprint density at radius 3 is 2.48 bits per heavy atom. The van der Waals surface area contributed by atoms with Crippen LogP contribution in [0.2, 0.25) is 0 Å². The fraction of sp³-hybridized carbons (Fsp3) is 0.263. The molecule has 6 heteroatoms. The van der Waals surface area contributed by atoms with E-state index in [9.17, 15) is 9.59 Å². The molecule has 2 aromatic rings. The van der Waals surface area contributed by atoms with Crippen molar-refractivity contribution < 1.29 is 19.1 Å². The number of carbonyl (C=O) groups excluding carboxylic acids is 2. The van der Waals surface area contributed by atoms with Gasteiger partial charge in [0.2, 0.25) is 0 Å². The first-order chi connectivity index (χ1) is 12.0. The van der Waals surface area contributed by atoms with E-state index < -0.39 is 17.9 Å². The molecule has 0 saturated carbocycles. The Balaban J connectivity index is 1.96. The van der Waals surface area contributed by atoms with Crippen LogP contribution in [0.1, 0.15) is 17.2 Å². The number of aryl methyl sites for hydroxylation is 1. The SMILES string of the molecule is COc1ccccc1[C@H](CNC(=O)C(=O)Nc1cccc(C)c1)OC. The Bertz CT molecular complexity index is 746. The molecule has 0 bridgehead atoms. The van der Waals surface area contributed by atoms with Crippen molar-refractivity contribution in [1.82, 2.24) is 5.32 Å². The van der Waals surface area contributed by atoms with E-state index in [1.807, 2.05) is 43.3 Å². The Hall–Kier alpha value is -2.86. The van der Waals surface area contributed by atoms with E-state index in [4.69, 9.17) is 9.47 Å². The van der Waals surface area contributed by atoms with Crippen LogP contribution in [0.25, 0.3) is 0 Å². The molecule has 0 aliphatic carbocycles. The van der Waals surface area contributed by atoms with Crippen molar-refractivity contribution in [1.29, 1.82) is 0 Å². The topological polar surface area (TPSA) is 76.7 Å². The number of rotatable bonds is 6. The van der Waals surface area contributed by atoms with E-state index in [2.05, 4.69) is 10.6 Å². The zero-order valence-corrected chi connectivity index (χ0v) is 14.5. The highest BCUT2D eigenvalue weighted by Gasteiger charge is 2.19. The molecule has 0 saturated heterocycles. The molecule has 132 valence electrons. The quantitative estimate of drug-likeness (QED) is 0.791. The molecule has 2 rings (SSSR count). The fourth-order valence-corrected chi connectivity index (χ4v) is 2.43. The fourth-order valence-electron chi connectivity index (χ4n) is 2.43. The minimum Gasteiger partial charge on any atom is -0.496 e. The largest absolute Gasteiger partial charge is 0.496 e. The van der Waals surface area contributed by atoms with Gasteiger partial charge in [-0.05, 0) is 30.7 Å². The van der Waals surface area contributed by atoms with Gasteiger partial charge in [-0.3, -0.25) is 9.59 Å². The standard InChI is InChI=1S/C19H22N2O4/c1-13-7-6-8-14(11-13)21-19(23)18(22)20-12-17(25-3)15-9-4-5-10-16(15)24-2/h4-11,17H,12H2,1-3H3,(H,20,22)(H,21,23)/t17-/m0/s1. The summed E-state index contributed by atoms with van der Waals surface area (Å²) in [6.45, 7) is 2.06. The number of nitrogens with one attached hydrogen (secondary N) is 2. The molecule has 2 amide bonds. The summed E-state index contributed by atoms with van der Waals surface area (Å²) in [6, 6.07) is 14.6. The minimum atomic E-state index is -0.724. The number of para-hydroxylation sites is 1. The Kier molecular flexibility index (Phi) is 6.54. The molecule has 0 unspecified atom stereocenters. The smallest absolute Gasteiger partial charge is 0.313 e. The second-order valence-corrected chi connectivity index (χ2v) is 5.50. The zero-order valence-electron chi connectivity index (χ0n) is 14.5. The first kappa shape index (κ1) is 18.5. The van der Waals surface area contributed by atoms with Crippen molar-refractivity contribution in [3.05, 3.63) is 59.7 Å². The number of hydrogen-bond acceptors (Lipinski definition) is 4. The van der Waals surface area contributed by atoms with Gasteiger partial charge in [-0.25, -0.2) is 0 Å². The molecular formula is C19H22N2O4. The maximum Gasteiger partial charge on any atom is 0.313 e. The number of anilines is 1. The normalized spacial score (nSPS) is 11.5. The molecule has 0 spiro atoms. The number of methoxy groups -OCH3 is 2. The summed E-state index contributed by atoms with van der Waals surface area (Å²) in [5, 5.41) is 5.16. The lowest BCUT2D eigenvalue weighted by atomic mass is 10.1. The highest BCUT2D eigenvalue weighted by Crippen LogP contribution is 2.26. The van der Waals surface area contributed by atoms with Crippen LogP contribution in [0.3, 0.4) is 0 Å². The maximum atomic E-state index is 12.0. The maximum absolute atomic E-state index is 12.0. The molecule has 0 aromatic heterocycles. The average Bonchev–Trinajstić information content (AvgIpc) is 2.62. The van der Waals surface area contributed by atoms with Crippen molar-refractivity contribution in [3.63, 3.8) is 0 Å². The lowest BCUT2D eigenvalue weighted by Crippen LogP contribution is -2.38. The van der Waals surface area contributed by atoms with E-state index in [-0.39, 0.29) is 6.54 Å². The summed E-state index contributed by atoms with van der Waals surface area (Å²) in [6.07, 6.45) is -0.424. The lowest BCUT2D eigenvalue weighted by Gasteiger charge is -2.18. The van der Waals surface area contributed by atoms with Crippen LogP contribution in [0.15, 0.2) is 48.5 Å². The zero-order chi connectivity index (χ0) is 18.2. The third-order valence-corrected chi connectivity index (χ3v) is 3.70. The Labute approximate surface area is 147 Å². The molecule has 2 aromatic carbocycles. The Morgan fingerprint density at radius 2 is 1.80 bits per heavy atom. The van der Waals surface area contributed by atoms with Crippen LogP contribution in [0.5, 0.6) is 5.75 Å². The van der Waals surface area contributed by atoms with E-state index in [1.54, 1.807) is 19.2 Å². The summed E-state index contributed by atoms with van der Waals surface area (Å²) in [5.41, 5.74) is 2.37. The van der Waals surface area contributed by atoms with Gasteiger partial charge < -0.3 is 20.1 Å². The molecule has 0 aliphatic rings. The van der Waals surface area contributed by atoms with Gasteiger partial charge in [0.1, 0.15) is 11.9 Å². The molecule has 0 heterocycles. The van der Waals surface area contributed by atoms with Crippen LogP contribution < -0.4 is 15.4 Å². The molecule has 1 atom stereocenters. The lowest BCUT2D eigenvalue weighted by molar-refractivity contribution is -0.136. The number of hydrogen-bond donors (Lipinski definition) is 2. The molecule has 0 fully saturated rings. The van der Waals surface area contributed by atoms with E-state index in [1.165, 1.54) is 7.11 Å². The highest BCUT2D eigenvalue weighted by molar-refractivity contribution is 6.39. The van der Waals surface area contributed by atoms with E-state index >= 15 is 0 Å². The van der Waals surface area contributed by atoms with Crippen LogP contribution >= 0.6 is 0 Å². The van der Waals surface area contributed by atoms with Crippen molar-refractivity contribution in [2.45, 2.75) is 13.0 Å². The van der Waals surface area contributed by atoms with Gasteiger partial charge >= 0.3 is 11.8 Å². The first-order valence-corrected chi connectivity index (χ1v) is 7.86. The van der Waals surface area contributed by atoms with Crippen LogP contribution in [0.4, 0.5) is 5.69 Å². The van der Waals surface area contributed by atoms with Gasteiger partial charge in [0, 0.05) is 24.9 Å². The Morgan fingerprint density at radius 1 is 1.04 bits per heavy atom. The van der Waals surface area contributed by atoms with Gasteiger partial charge in [-0.2, -0.15) is 0 Å². The number of benzene rings is 2. The van der Waals surface area contributed by atoms with Crippen molar-refractivity contribution in [2.24, 2.45) is 0 Å². The summed E-state index contributed by atoms with van der Waals surface area (Å²) in [7, 11) is 3.11. The van der Waals surface area contributed by atoms with Crippen molar-refractivity contribution in [2.75, 3.05) is 26.1 Å². The van der Waals surface area contributed by atoms with E-state index in [0.29, 0.717) is 11.4 Å². The van der Waals surface area contributed by atoms with Crippen LogP contribution in [0, 0.1) is 6.92 Å². The molecule has 0 aliphatic heterocycles. The predicted octanol–water partition coefficient (Wildman–Crippen LogP) is 2.45. The minimum absolute atomic E-state index is 0.150. The number of carbonyl (C=O) groups is 2. The predicted molar refractivity (Wildman–Crippen MR) is 95.6 cm³/mol. The van der Waals surface area contributed by atoms with Gasteiger partial charge in [0.15, 0.2) is 0 Å². The van der Waals surface area contributed by atoms with Gasteiger partial charge in [0.25, 0.3) is 0 Å². The summed E-state index contributed by atoms with van der Waals surface area (Å²) >= 11 is 0.